The third-order valence-electron chi connectivity index (χ3n) is 5.44. The molecule has 0 saturated carbocycles. The summed E-state index contributed by atoms with van der Waals surface area (Å²) in [5, 5.41) is 4.47. The van der Waals surface area contributed by atoms with Crippen LogP contribution in [0, 0.1) is 5.82 Å². The average molecular weight is 408 g/mol. The summed E-state index contributed by atoms with van der Waals surface area (Å²) in [7, 11) is 0. The van der Waals surface area contributed by atoms with Gasteiger partial charge in [-0.05, 0) is 38.1 Å². The van der Waals surface area contributed by atoms with E-state index in [9.17, 15) is 8.78 Å². The number of nitrogens with zero attached hydrogens (tertiary/aromatic N) is 5. The summed E-state index contributed by atoms with van der Waals surface area (Å²) in [6.07, 6.45) is 4.91. The monoisotopic (exact) mass is 408 g/mol. The summed E-state index contributed by atoms with van der Waals surface area (Å²) < 4.78 is 28.8. The number of imidazole rings is 1. The van der Waals surface area contributed by atoms with Crippen molar-refractivity contribution in [1.29, 1.82) is 0 Å². The maximum Gasteiger partial charge on any atom is 0.173 e. The molecule has 0 aliphatic carbocycles. The van der Waals surface area contributed by atoms with E-state index >= 15 is 0 Å². The van der Waals surface area contributed by atoms with E-state index in [1.165, 1.54) is 16.7 Å². The SMILES string of the molecule is CC1CN(c2ccc3nc(-c4cc(F)c5nc(CF)cn5c4)ncc3c2)CC(C)N1. The molecule has 0 radical (unpaired) electrons. The molecule has 0 bridgehead atoms. The van der Waals surface area contributed by atoms with Crippen molar-refractivity contribution >= 4 is 22.2 Å². The second kappa shape index (κ2) is 7.28. The minimum atomic E-state index is -0.740. The summed E-state index contributed by atoms with van der Waals surface area (Å²) in [4.78, 5) is 15.4. The third-order valence-corrected chi connectivity index (χ3v) is 5.44. The summed E-state index contributed by atoms with van der Waals surface area (Å²) in [5.41, 5.74) is 2.73. The van der Waals surface area contributed by atoms with Gasteiger partial charge in [0.05, 0.1) is 11.2 Å². The molecule has 1 aliphatic rings. The standard InChI is InChI=1S/C22H22F2N6/c1-13-9-29(10-14(2)26-13)18-3-4-20-15(5-18)8-25-21(28-20)16-6-19(24)22-27-17(7-23)12-30(22)11-16/h3-6,8,11-14,26H,7,9-10H2,1-2H3. The molecule has 4 heterocycles. The van der Waals surface area contributed by atoms with Gasteiger partial charge in [0.15, 0.2) is 17.3 Å². The number of anilines is 1. The summed E-state index contributed by atoms with van der Waals surface area (Å²) in [5.74, 6) is -0.121. The fourth-order valence-corrected chi connectivity index (χ4v) is 4.19. The van der Waals surface area contributed by atoms with Gasteiger partial charge in [-0.25, -0.2) is 23.7 Å². The largest absolute Gasteiger partial charge is 0.368 e. The smallest absolute Gasteiger partial charge is 0.173 e. The first-order valence-electron chi connectivity index (χ1n) is 10.0. The molecular weight excluding hydrogens is 386 g/mol. The Kier molecular flexibility index (Phi) is 4.58. The Bertz CT molecular complexity index is 1230. The minimum absolute atomic E-state index is 0.0938. The minimum Gasteiger partial charge on any atom is -0.368 e. The molecule has 6 nitrogen and oxygen atoms in total. The maximum atomic E-state index is 14.4. The fourth-order valence-electron chi connectivity index (χ4n) is 4.19. The number of nitrogens with one attached hydrogen (secondary N) is 1. The van der Waals surface area contributed by atoms with Crippen molar-refractivity contribution in [3.8, 4) is 11.4 Å². The highest BCUT2D eigenvalue weighted by atomic mass is 19.1. The number of alkyl halides is 1. The normalized spacial score (nSPS) is 19.7. The summed E-state index contributed by atoms with van der Waals surface area (Å²) >= 11 is 0. The molecule has 2 atom stereocenters. The molecule has 1 aromatic carbocycles. The predicted octanol–water partition coefficient (Wildman–Crippen LogP) is 3.74. The van der Waals surface area contributed by atoms with Gasteiger partial charge in [-0.3, -0.25) is 0 Å². The highest BCUT2D eigenvalue weighted by molar-refractivity contribution is 5.83. The Morgan fingerprint density at radius 3 is 2.67 bits per heavy atom. The van der Waals surface area contributed by atoms with Crippen molar-refractivity contribution in [2.75, 3.05) is 18.0 Å². The lowest BCUT2D eigenvalue weighted by molar-refractivity contribution is 0.407. The Labute approximate surface area is 172 Å². The van der Waals surface area contributed by atoms with Crippen LogP contribution in [0.2, 0.25) is 0 Å². The third kappa shape index (κ3) is 3.37. The van der Waals surface area contributed by atoms with Crippen LogP contribution in [-0.4, -0.2) is 44.5 Å². The van der Waals surface area contributed by atoms with Crippen LogP contribution in [0.5, 0.6) is 0 Å². The van der Waals surface area contributed by atoms with Crippen molar-refractivity contribution < 1.29 is 8.78 Å². The van der Waals surface area contributed by atoms with Crippen molar-refractivity contribution in [3.05, 3.63) is 54.4 Å². The molecule has 8 heteroatoms. The highest BCUT2D eigenvalue weighted by Crippen LogP contribution is 2.26. The predicted molar refractivity (Wildman–Crippen MR) is 113 cm³/mol. The lowest BCUT2D eigenvalue weighted by Gasteiger charge is -2.37. The molecule has 2 unspecified atom stereocenters. The Balaban J connectivity index is 1.50. The van der Waals surface area contributed by atoms with E-state index in [0.717, 1.165) is 29.7 Å². The number of halogens is 2. The molecule has 1 N–H and O–H groups in total. The van der Waals surface area contributed by atoms with Crippen LogP contribution in [0.15, 0.2) is 42.9 Å². The van der Waals surface area contributed by atoms with Gasteiger partial charge in [-0.15, -0.1) is 0 Å². The lowest BCUT2D eigenvalue weighted by atomic mass is 10.1. The molecule has 4 aromatic rings. The van der Waals surface area contributed by atoms with E-state index in [-0.39, 0.29) is 11.3 Å². The Morgan fingerprint density at radius 2 is 1.90 bits per heavy atom. The first-order valence-corrected chi connectivity index (χ1v) is 10.0. The van der Waals surface area contributed by atoms with E-state index in [0.29, 0.717) is 23.5 Å². The average Bonchev–Trinajstić information content (AvgIpc) is 3.16. The molecule has 3 aromatic heterocycles. The fraction of sp³-hybridized carbons (Fsp3) is 0.318. The van der Waals surface area contributed by atoms with Crippen LogP contribution in [-0.2, 0) is 6.67 Å². The molecule has 1 fully saturated rings. The quantitative estimate of drug-likeness (QED) is 0.560. The van der Waals surface area contributed by atoms with E-state index in [4.69, 9.17) is 0 Å². The zero-order chi connectivity index (χ0) is 20.8. The van der Waals surface area contributed by atoms with E-state index in [1.807, 2.05) is 6.07 Å². The number of hydrogen-bond donors (Lipinski definition) is 1. The number of piperazine rings is 1. The first-order chi connectivity index (χ1) is 14.5. The van der Waals surface area contributed by atoms with Crippen LogP contribution < -0.4 is 10.2 Å². The molecule has 5 rings (SSSR count). The van der Waals surface area contributed by atoms with E-state index in [2.05, 4.69) is 51.1 Å². The zero-order valence-electron chi connectivity index (χ0n) is 16.8. The van der Waals surface area contributed by atoms with Gasteiger partial charge in [-0.2, -0.15) is 0 Å². The van der Waals surface area contributed by atoms with Crippen LogP contribution in [0.1, 0.15) is 19.5 Å². The van der Waals surface area contributed by atoms with Gasteiger partial charge in [0.1, 0.15) is 6.67 Å². The van der Waals surface area contributed by atoms with Gasteiger partial charge in [0.2, 0.25) is 0 Å². The van der Waals surface area contributed by atoms with Gasteiger partial charge >= 0.3 is 0 Å². The number of aromatic nitrogens is 4. The topological polar surface area (TPSA) is 58.4 Å². The second-order valence-corrected chi connectivity index (χ2v) is 7.98. The number of benzene rings is 1. The number of pyridine rings is 1. The van der Waals surface area contributed by atoms with Crippen LogP contribution in [0.4, 0.5) is 14.5 Å². The molecule has 0 amide bonds. The van der Waals surface area contributed by atoms with Crippen LogP contribution >= 0.6 is 0 Å². The van der Waals surface area contributed by atoms with Crippen LogP contribution in [0.25, 0.3) is 27.9 Å². The summed E-state index contributed by atoms with van der Waals surface area (Å²) in [6.45, 7) is 5.52. The van der Waals surface area contributed by atoms with Crippen molar-refractivity contribution in [2.45, 2.75) is 32.6 Å². The molecule has 0 spiro atoms. The van der Waals surface area contributed by atoms with Crippen molar-refractivity contribution in [2.24, 2.45) is 0 Å². The lowest BCUT2D eigenvalue weighted by Crippen LogP contribution is -2.54. The maximum absolute atomic E-state index is 14.4. The molecule has 154 valence electrons. The number of hydrogen-bond acceptors (Lipinski definition) is 5. The number of rotatable bonds is 3. The first kappa shape index (κ1) is 18.9. The van der Waals surface area contributed by atoms with Crippen molar-refractivity contribution in [1.82, 2.24) is 24.7 Å². The second-order valence-electron chi connectivity index (χ2n) is 7.98. The molecule has 30 heavy (non-hydrogen) atoms. The summed E-state index contributed by atoms with van der Waals surface area (Å²) in [6, 6.07) is 8.32. The van der Waals surface area contributed by atoms with Crippen molar-refractivity contribution in [3.63, 3.8) is 0 Å². The molecular formula is C22H22F2N6. The van der Waals surface area contributed by atoms with Gasteiger partial charge in [0.25, 0.3) is 0 Å². The van der Waals surface area contributed by atoms with Gasteiger partial charge in [-0.1, -0.05) is 0 Å². The van der Waals surface area contributed by atoms with E-state index < -0.39 is 12.5 Å². The van der Waals surface area contributed by atoms with Gasteiger partial charge in [0, 0.05) is 60.4 Å². The number of fused-ring (bicyclic) bond motifs is 2. The van der Waals surface area contributed by atoms with E-state index in [1.54, 1.807) is 12.4 Å². The molecule has 1 aliphatic heterocycles. The highest BCUT2D eigenvalue weighted by Gasteiger charge is 2.21. The van der Waals surface area contributed by atoms with Gasteiger partial charge < -0.3 is 14.6 Å². The van der Waals surface area contributed by atoms with Crippen LogP contribution in [0.3, 0.4) is 0 Å². The Hall–Kier alpha value is -3.13. The molecule has 1 saturated heterocycles. The Morgan fingerprint density at radius 1 is 1.10 bits per heavy atom. The zero-order valence-corrected chi connectivity index (χ0v) is 16.8.